The Balaban J connectivity index is 0.000000133. The minimum absolute atomic E-state index is 0.0366. The van der Waals surface area contributed by atoms with Crippen molar-refractivity contribution in [2.45, 2.75) is 213 Å². The van der Waals surface area contributed by atoms with Crippen LogP contribution in [0, 0.1) is 70.0 Å². The van der Waals surface area contributed by atoms with Crippen LogP contribution in [0.5, 0.6) is 0 Å². The molecule has 0 bridgehead atoms. The first-order chi connectivity index (χ1) is 71.5. The maximum Gasteiger partial charge on any atom is 0.187 e. The van der Waals surface area contributed by atoms with Gasteiger partial charge in [-0.05, 0) is 244 Å². The van der Waals surface area contributed by atoms with E-state index >= 15 is 0 Å². The van der Waals surface area contributed by atoms with Gasteiger partial charge < -0.3 is 0 Å². The van der Waals surface area contributed by atoms with Gasteiger partial charge in [0.05, 0.1) is 24.1 Å². The average molecular weight is 2250 g/mol. The molecule has 5 saturated heterocycles. The minimum atomic E-state index is -4.07. The third kappa shape index (κ3) is 28.2. The second-order valence-corrected chi connectivity index (χ2v) is 50.9. The van der Waals surface area contributed by atoms with Crippen molar-refractivity contribution in [2.24, 2.45) is 11.8 Å². The third-order valence-corrected chi connectivity index (χ3v) is 38.9. The quantitative estimate of drug-likeness (QED) is 0.0352. The predicted molar refractivity (Wildman–Crippen MR) is 539 cm³/mol. The minimum Gasteiger partial charge on any atom is -0.292 e. The van der Waals surface area contributed by atoms with Gasteiger partial charge in [-0.15, -0.1) is 0 Å². The Morgan fingerprint density at radius 1 is 0.302 bits per heavy atom. The van der Waals surface area contributed by atoms with E-state index in [9.17, 15) is 86.0 Å². The molecule has 8 aromatic heterocycles. The van der Waals surface area contributed by atoms with E-state index in [0.717, 1.165) is 262 Å². The van der Waals surface area contributed by atoms with Crippen molar-refractivity contribution in [3.8, 4) is 0 Å². The summed E-state index contributed by atoms with van der Waals surface area (Å²) >= 11 is 4.56. The molecule has 3 N–H and O–H groups in total. The van der Waals surface area contributed by atoms with Gasteiger partial charge in [0.1, 0.15) is 168 Å². The third-order valence-electron chi connectivity index (χ3n) is 26.5. The molecule has 31 nitrogen and oxygen atoms in total. The van der Waals surface area contributed by atoms with E-state index in [4.69, 9.17) is 0 Å². The lowest BCUT2D eigenvalue weighted by Gasteiger charge is -2.40. The molecule has 15 aromatic rings. The number of rotatable bonds is 30. The predicted octanol–water partition coefficient (Wildman–Crippen LogP) is 19.2. The molecular weight excluding hydrogens is 2140 g/mol. The SMILES string of the molecule is C[C@@H]1CCCN(Cc2cc(F)c(S(=O)(=O)Cc3ncns3)cc2F)[C@@H]1c1ccccc1.C[C@H]1CCCN(Cc2cc(F)c(S(=O)(=O)Cc3ncns3)cc2F)[C@H]1c1ccccc1.O=S(=O)(Cc1ncns1)c1cc(F)c(CN2CCCC[C@@H]2c2ccn[nH]2)cc1F.O=S(=O)(Cc1ncns1)c1cc(F)c(CN2CCCC[C@@H]2c2cn[nH]c2)cc1F.O=S(=O)(Cc1ncns1)c1cc(F)c(CN2CCCC[C@H]2c2cn[nH]c2)cc1F. The normalized spacial score (nSPS) is 19.0. The van der Waals surface area contributed by atoms with E-state index in [2.05, 4.69) is 140 Å². The van der Waals surface area contributed by atoms with Crippen LogP contribution < -0.4 is 0 Å². The van der Waals surface area contributed by atoms with E-state index in [0.29, 0.717) is 11.8 Å². The molecule has 5 aliphatic rings. The Bertz CT molecular complexity index is 6960. The van der Waals surface area contributed by atoms with Gasteiger partial charge in [-0.3, -0.25) is 39.8 Å². The highest BCUT2D eigenvalue weighted by Gasteiger charge is 2.38. The van der Waals surface area contributed by atoms with Crippen LogP contribution in [0.4, 0.5) is 43.9 Å². The van der Waals surface area contributed by atoms with Gasteiger partial charge in [0, 0.05) is 114 Å². The maximum absolute atomic E-state index is 14.9. The van der Waals surface area contributed by atoms with Gasteiger partial charge >= 0.3 is 0 Å². The maximum atomic E-state index is 14.9. The highest BCUT2D eigenvalue weighted by molar-refractivity contribution is 7.92. The molecule has 0 radical (unpaired) electrons. The lowest BCUT2D eigenvalue weighted by Crippen LogP contribution is -2.37. The molecule has 0 unspecified atom stereocenters. The summed E-state index contributed by atoms with van der Waals surface area (Å²) in [4.78, 5) is 26.3. The van der Waals surface area contributed by atoms with Gasteiger partial charge in [-0.1, -0.05) is 93.8 Å². The summed E-state index contributed by atoms with van der Waals surface area (Å²) in [5.74, 6) is -10.2. The topological polar surface area (TPSA) is 402 Å². The molecule has 20 rings (SSSR count). The highest BCUT2D eigenvalue weighted by Crippen LogP contribution is 2.43. The van der Waals surface area contributed by atoms with Crippen LogP contribution in [0.15, 0.2) is 214 Å². The van der Waals surface area contributed by atoms with Crippen molar-refractivity contribution in [1.29, 1.82) is 0 Å². The summed E-state index contributed by atoms with van der Waals surface area (Å²) in [6.45, 7) is 9.09. The summed E-state index contributed by atoms with van der Waals surface area (Å²) in [6.07, 6.45) is 27.7. The summed E-state index contributed by atoms with van der Waals surface area (Å²) < 4.78 is 292. The first kappa shape index (κ1) is 110. The molecule has 0 saturated carbocycles. The molecule has 5 aliphatic heterocycles. The van der Waals surface area contributed by atoms with Crippen molar-refractivity contribution >= 4 is 107 Å². The molecule has 51 heteroatoms. The second-order valence-electron chi connectivity index (χ2n) is 36.8. The van der Waals surface area contributed by atoms with Crippen molar-refractivity contribution in [3.05, 3.63) is 329 Å². The number of aromatic nitrogens is 16. The van der Waals surface area contributed by atoms with Crippen LogP contribution in [-0.2, 0) is 111 Å². The zero-order chi connectivity index (χ0) is 105. The van der Waals surface area contributed by atoms with Gasteiger partial charge in [-0.2, -0.15) is 37.2 Å². The largest absolute Gasteiger partial charge is 0.292 e. The first-order valence-corrected chi connectivity index (χ1v) is 59.7. The zero-order valence-electron chi connectivity index (χ0n) is 80.2. The molecule has 0 aliphatic carbocycles. The molecule has 790 valence electrons. The van der Waals surface area contributed by atoms with Crippen LogP contribution in [0.2, 0.25) is 0 Å². The first-order valence-electron chi connectivity index (χ1n) is 47.6. The van der Waals surface area contributed by atoms with Gasteiger partial charge in [0.25, 0.3) is 0 Å². The summed E-state index contributed by atoms with van der Waals surface area (Å²) in [5.41, 5.74) is 5.93. The number of hydrogen-bond donors (Lipinski definition) is 3. The number of halogens is 10. The van der Waals surface area contributed by atoms with Crippen molar-refractivity contribution < 1.29 is 86.0 Å². The number of nitrogens with zero attached hydrogens (tertiary/aromatic N) is 18. The number of likely N-dealkylation sites (tertiary alicyclic amines) is 5. The summed E-state index contributed by atoms with van der Waals surface area (Å²) in [7, 11) is -20.3. The molecule has 0 amide bonds. The van der Waals surface area contributed by atoms with E-state index in [1.54, 1.807) is 18.6 Å². The van der Waals surface area contributed by atoms with Crippen molar-refractivity contribution in [1.82, 2.24) is 102 Å². The molecule has 7 aromatic carbocycles. The van der Waals surface area contributed by atoms with E-state index in [1.807, 2.05) is 54.9 Å². The summed E-state index contributed by atoms with van der Waals surface area (Å²) in [5, 5.41) is 21.6. The van der Waals surface area contributed by atoms with Gasteiger partial charge in [0.2, 0.25) is 0 Å². The fourth-order valence-electron chi connectivity index (χ4n) is 19.5. The van der Waals surface area contributed by atoms with Crippen LogP contribution in [0.1, 0.15) is 208 Å². The van der Waals surface area contributed by atoms with Crippen molar-refractivity contribution in [2.75, 3.05) is 32.7 Å². The molecule has 0 spiro atoms. The van der Waals surface area contributed by atoms with Crippen LogP contribution in [0.3, 0.4) is 0 Å². The monoisotopic (exact) mass is 2240 g/mol. The lowest BCUT2D eigenvalue weighted by molar-refractivity contribution is 0.0921. The Morgan fingerprint density at radius 3 is 0.826 bits per heavy atom. The molecule has 149 heavy (non-hydrogen) atoms. The Labute approximate surface area is 875 Å². The number of benzene rings is 7. The molecule has 5 fully saturated rings. The number of nitrogens with one attached hydrogen (secondary N) is 3. The van der Waals surface area contributed by atoms with Crippen molar-refractivity contribution in [3.63, 3.8) is 0 Å². The number of sulfone groups is 5. The zero-order valence-corrected chi connectivity index (χ0v) is 88.4. The number of aromatic amines is 3. The second kappa shape index (κ2) is 49.9. The standard InChI is InChI=1S/2C22H23F2N3O2S2.3C18H19F2N5O2S2/c2*1-15-6-5-9-27(22(15)16-7-3-2-4-8-16)12-17-10-19(24)20(11-18(17)23)31(28,29)13-21-25-14-26-30-21;19-13-8-17(29(26,27)10-18-21-11-23-28-18)14(20)7-12(13)9-25-6-2-1-3-16(25)15-4-5-22-24-15;2*19-14-6-17(29(26,27)10-18-21-11-24-28-18)15(20)5-12(14)9-25-4-2-1-3-16(25)13-7-22-23-8-13/h2*2-4,7-8,10-11,14-15,22H,5-6,9,12-13H2,1H3;4-5,7-8,11,16H,1-3,6,9-10H2,(H,22,24);2*5-8,11,16H,1-4,9-10H2,(H,22,23)/t2*15-,22+;3*16-/m10110/s1. The molecular formula is C98H103F10N21O10S10. The number of hydrogen-bond acceptors (Lipinski definition) is 33. The fraction of sp³-hybridized carbons (Fsp3) is 0.378. The van der Waals surface area contributed by atoms with Crippen LogP contribution in [-0.4, -0.2) is 177 Å². The van der Waals surface area contributed by atoms with Crippen LogP contribution >= 0.6 is 57.7 Å². The number of piperidine rings is 5. The smallest absolute Gasteiger partial charge is 0.187 e. The fourth-order valence-corrected chi connectivity index (χ4v) is 30.4. The molecule has 7 atom stereocenters. The van der Waals surface area contributed by atoms with Gasteiger partial charge in [0.15, 0.2) is 49.2 Å². The van der Waals surface area contributed by atoms with E-state index in [1.165, 1.54) is 31.6 Å². The Hall–Kier alpha value is -11.2. The van der Waals surface area contributed by atoms with Crippen LogP contribution in [0.25, 0.3) is 0 Å². The Morgan fingerprint density at radius 2 is 0.570 bits per heavy atom. The van der Waals surface area contributed by atoms with Gasteiger partial charge in [-0.25, -0.2) is 111 Å². The highest BCUT2D eigenvalue weighted by atomic mass is 32.2. The Kier molecular flexibility index (Phi) is 37.0. The number of H-pyrrole nitrogens is 3. The van der Waals surface area contributed by atoms with E-state index < -0.39 is 161 Å². The average Bonchev–Trinajstić information content (AvgIpc) is 1.29. The summed E-state index contributed by atoms with van der Waals surface area (Å²) in [6, 6.07) is 31.2. The molecule has 13 heterocycles. The lowest BCUT2D eigenvalue weighted by atomic mass is 9.85. The van der Waals surface area contributed by atoms with E-state index in [-0.39, 0.29) is 116 Å².